The number of benzene rings is 3. The third-order valence-electron chi connectivity index (χ3n) is 7.62. The van der Waals surface area contributed by atoms with Crippen molar-refractivity contribution in [3.8, 4) is 17.1 Å². The number of amides is 1. The molecule has 1 aliphatic rings. The van der Waals surface area contributed by atoms with Gasteiger partial charge in [0.25, 0.3) is 11.6 Å². The molecule has 0 unspecified atom stereocenters. The maximum atomic E-state index is 14.0. The molecule has 0 bridgehead atoms. The molecule has 0 N–H and O–H groups in total. The van der Waals surface area contributed by atoms with Gasteiger partial charge in [-0.1, -0.05) is 66.7 Å². The summed E-state index contributed by atoms with van der Waals surface area (Å²) in [4.78, 5) is 29.3. The van der Waals surface area contributed by atoms with Crippen molar-refractivity contribution >= 4 is 11.6 Å². The summed E-state index contributed by atoms with van der Waals surface area (Å²) in [7, 11) is 1.92. The molecule has 0 spiro atoms. The van der Waals surface area contributed by atoms with Gasteiger partial charge in [0.15, 0.2) is 0 Å². The molecule has 6 rings (SSSR count). The third-order valence-corrected chi connectivity index (χ3v) is 7.62. The van der Waals surface area contributed by atoms with Gasteiger partial charge in [0, 0.05) is 51.6 Å². The summed E-state index contributed by atoms with van der Waals surface area (Å²) in [6.07, 6.45) is 1.92. The van der Waals surface area contributed by atoms with E-state index in [9.17, 15) is 14.9 Å². The first kappa shape index (κ1) is 26.2. The van der Waals surface area contributed by atoms with Crippen LogP contribution in [0.25, 0.3) is 17.1 Å². The zero-order valence-electron chi connectivity index (χ0n) is 22.7. The van der Waals surface area contributed by atoms with E-state index in [1.807, 2.05) is 47.0 Å². The van der Waals surface area contributed by atoms with Gasteiger partial charge in [-0.15, -0.1) is 0 Å². The standard InChI is InChI=1S/C32H30N6O3/c1-34-17-9-16-29(34)28-23-30(37(33-28)26-14-8-15-27(22-26)38(40)41)32(39)36-20-18-35(19-21-36)31(24-10-4-2-5-11-24)25-12-6-3-7-13-25/h2-17,22-23,31H,18-21H2,1H3. The van der Waals surface area contributed by atoms with Crippen LogP contribution in [0.5, 0.6) is 0 Å². The van der Waals surface area contributed by atoms with Crippen LogP contribution in [0.4, 0.5) is 5.69 Å². The highest BCUT2D eigenvalue weighted by Crippen LogP contribution is 2.30. The zero-order chi connectivity index (χ0) is 28.3. The van der Waals surface area contributed by atoms with E-state index in [1.165, 1.54) is 27.9 Å². The molecule has 9 heteroatoms. The van der Waals surface area contributed by atoms with Crippen molar-refractivity contribution in [3.63, 3.8) is 0 Å². The fourth-order valence-electron chi connectivity index (χ4n) is 5.55. The molecule has 0 saturated carbocycles. The molecule has 1 aliphatic heterocycles. The van der Waals surface area contributed by atoms with Gasteiger partial charge in [-0.3, -0.25) is 19.8 Å². The van der Waals surface area contributed by atoms with Crippen LogP contribution < -0.4 is 0 Å². The van der Waals surface area contributed by atoms with Crippen molar-refractivity contribution < 1.29 is 9.72 Å². The Morgan fingerprint density at radius 1 is 0.829 bits per heavy atom. The summed E-state index contributed by atoms with van der Waals surface area (Å²) in [5, 5.41) is 16.2. The second kappa shape index (κ2) is 11.2. The molecule has 1 amide bonds. The molecule has 1 saturated heterocycles. The molecule has 1 fully saturated rings. The number of nitrogens with zero attached hydrogens (tertiary/aromatic N) is 6. The van der Waals surface area contributed by atoms with Crippen molar-refractivity contribution in [3.05, 3.63) is 136 Å². The maximum Gasteiger partial charge on any atom is 0.272 e. The Hall–Kier alpha value is -5.02. The van der Waals surface area contributed by atoms with Crippen LogP contribution in [0, 0.1) is 10.1 Å². The number of hydrogen-bond donors (Lipinski definition) is 0. The highest BCUT2D eigenvalue weighted by Gasteiger charge is 2.30. The van der Waals surface area contributed by atoms with E-state index in [4.69, 9.17) is 5.10 Å². The summed E-state index contributed by atoms with van der Waals surface area (Å²) in [5.74, 6) is -0.153. The average Bonchev–Trinajstić information content (AvgIpc) is 3.65. The molecular formula is C32H30N6O3. The van der Waals surface area contributed by atoms with Gasteiger partial charge in [0.1, 0.15) is 11.4 Å². The molecule has 3 heterocycles. The third kappa shape index (κ3) is 5.27. The highest BCUT2D eigenvalue weighted by atomic mass is 16.6. The Bertz CT molecular complexity index is 1630. The fraction of sp³-hybridized carbons (Fsp3) is 0.188. The van der Waals surface area contributed by atoms with E-state index in [0.717, 1.165) is 5.69 Å². The van der Waals surface area contributed by atoms with Gasteiger partial charge in [0.05, 0.1) is 22.3 Å². The van der Waals surface area contributed by atoms with Crippen LogP contribution >= 0.6 is 0 Å². The largest absolute Gasteiger partial charge is 0.349 e. The first-order valence-corrected chi connectivity index (χ1v) is 13.6. The Morgan fingerprint density at radius 2 is 1.49 bits per heavy atom. The lowest BCUT2D eigenvalue weighted by Gasteiger charge is -2.39. The van der Waals surface area contributed by atoms with E-state index < -0.39 is 4.92 Å². The van der Waals surface area contributed by atoms with E-state index >= 15 is 0 Å². The first-order valence-electron chi connectivity index (χ1n) is 13.6. The number of nitro benzene ring substituents is 1. The lowest BCUT2D eigenvalue weighted by molar-refractivity contribution is -0.384. The molecular weight excluding hydrogens is 516 g/mol. The SMILES string of the molecule is Cn1cccc1-c1cc(C(=O)N2CCN(C(c3ccccc3)c3ccccc3)CC2)n(-c2cccc([N+](=O)[O-])c2)n1. The van der Waals surface area contributed by atoms with Crippen LogP contribution in [0.3, 0.4) is 0 Å². The Balaban J connectivity index is 1.29. The van der Waals surface area contributed by atoms with Crippen LogP contribution in [-0.2, 0) is 7.05 Å². The highest BCUT2D eigenvalue weighted by molar-refractivity contribution is 5.94. The zero-order valence-corrected chi connectivity index (χ0v) is 22.7. The second-order valence-electron chi connectivity index (χ2n) is 10.2. The number of non-ortho nitro benzene ring substituents is 1. The van der Waals surface area contributed by atoms with Crippen LogP contribution in [0.15, 0.2) is 109 Å². The number of carbonyl (C=O) groups excluding carboxylic acids is 1. The average molecular weight is 547 g/mol. The molecule has 0 radical (unpaired) electrons. The Morgan fingerprint density at radius 3 is 2.07 bits per heavy atom. The first-order chi connectivity index (χ1) is 20.0. The minimum Gasteiger partial charge on any atom is -0.349 e. The van der Waals surface area contributed by atoms with Gasteiger partial charge in [-0.2, -0.15) is 5.10 Å². The number of nitro groups is 1. The van der Waals surface area contributed by atoms with Gasteiger partial charge in [0.2, 0.25) is 0 Å². The number of carbonyl (C=O) groups is 1. The molecule has 9 nitrogen and oxygen atoms in total. The molecule has 0 aliphatic carbocycles. The molecule has 41 heavy (non-hydrogen) atoms. The Kier molecular flexibility index (Phi) is 7.18. The van der Waals surface area contributed by atoms with Crippen molar-refractivity contribution in [2.75, 3.05) is 26.2 Å². The number of hydrogen-bond acceptors (Lipinski definition) is 5. The number of aromatic nitrogens is 3. The molecule has 5 aromatic rings. The normalized spacial score (nSPS) is 14.0. The van der Waals surface area contributed by atoms with Gasteiger partial charge in [-0.25, -0.2) is 4.68 Å². The van der Waals surface area contributed by atoms with Crippen LogP contribution in [0.1, 0.15) is 27.7 Å². The van der Waals surface area contributed by atoms with Gasteiger partial charge >= 0.3 is 0 Å². The van der Waals surface area contributed by atoms with E-state index in [1.54, 1.807) is 18.2 Å². The van der Waals surface area contributed by atoms with Gasteiger partial charge < -0.3 is 9.47 Å². The fourth-order valence-corrected chi connectivity index (χ4v) is 5.55. The topological polar surface area (TPSA) is 89.4 Å². The summed E-state index contributed by atoms with van der Waals surface area (Å²) in [5.41, 5.74) is 4.69. The summed E-state index contributed by atoms with van der Waals surface area (Å²) < 4.78 is 3.46. The maximum absolute atomic E-state index is 14.0. The van der Waals surface area contributed by atoms with Gasteiger partial charge in [-0.05, 0) is 35.4 Å². The second-order valence-corrected chi connectivity index (χ2v) is 10.2. The van der Waals surface area contributed by atoms with E-state index in [-0.39, 0.29) is 17.6 Å². The lowest BCUT2D eigenvalue weighted by atomic mass is 9.96. The quantitative estimate of drug-likeness (QED) is 0.203. The van der Waals surface area contributed by atoms with Crippen molar-refractivity contribution in [2.45, 2.75) is 6.04 Å². The van der Waals surface area contributed by atoms with E-state index in [2.05, 4.69) is 53.4 Å². The van der Waals surface area contributed by atoms with E-state index in [0.29, 0.717) is 43.3 Å². The smallest absolute Gasteiger partial charge is 0.272 e. The minimum atomic E-state index is -0.443. The molecule has 206 valence electrons. The molecule has 3 aromatic carbocycles. The van der Waals surface area contributed by atoms with Crippen molar-refractivity contribution in [1.82, 2.24) is 24.1 Å². The number of rotatable bonds is 7. The predicted octanol–water partition coefficient (Wildman–Crippen LogP) is 5.33. The molecule has 2 aromatic heterocycles. The minimum absolute atomic E-state index is 0.0571. The summed E-state index contributed by atoms with van der Waals surface area (Å²) in [6, 6.07) is 32.8. The lowest BCUT2D eigenvalue weighted by Crippen LogP contribution is -2.50. The summed E-state index contributed by atoms with van der Waals surface area (Å²) in [6.45, 7) is 2.51. The molecule has 0 atom stereocenters. The van der Waals surface area contributed by atoms with Crippen LogP contribution in [0.2, 0.25) is 0 Å². The number of aryl methyl sites for hydroxylation is 1. The predicted molar refractivity (Wildman–Crippen MR) is 157 cm³/mol. The Labute approximate surface area is 238 Å². The summed E-state index contributed by atoms with van der Waals surface area (Å²) >= 11 is 0. The van der Waals surface area contributed by atoms with Crippen molar-refractivity contribution in [1.29, 1.82) is 0 Å². The monoisotopic (exact) mass is 546 g/mol. The number of piperazine rings is 1. The van der Waals surface area contributed by atoms with Crippen molar-refractivity contribution in [2.24, 2.45) is 7.05 Å². The van der Waals surface area contributed by atoms with Crippen LogP contribution in [-0.4, -0.2) is 61.2 Å².